The maximum Gasteiger partial charge on any atom is 0.317 e. The molecule has 0 unspecified atom stereocenters. The fourth-order valence-electron chi connectivity index (χ4n) is 3.09. The molecule has 150 valence electrons. The van der Waals surface area contributed by atoms with Crippen molar-refractivity contribution in [3.63, 3.8) is 0 Å². The number of anilines is 1. The van der Waals surface area contributed by atoms with Crippen LogP contribution in [0.4, 0.5) is 10.7 Å². The van der Waals surface area contributed by atoms with Crippen molar-refractivity contribution in [2.45, 2.75) is 6.54 Å². The summed E-state index contributed by atoms with van der Waals surface area (Å²) >= 11 is 0. The lowest BCUT2D eigenvalue weighted by Gasteiger charge is -2.34. The Morgan fingerprint density at radius 2 is 1.61 bits per heavy atom. The first-order chi connectivity index (χ1) is 13.7. The van der Waals surface area contributed by atoms with Crippen LogP contribution in [0.3, 0.4) is 0 Å². The highest BCUT2D eigenvalue weighted by Crippen LogP contribution is 2.33. The standard InChI is InChI=1S/C19H25N5O4/c1-26-14-11-16(27-2)15(17(12-14)28-3)13-22-19(25)24-9-7-23(8-10-24)18-20-5-4-6-21-18/h4-6,11-12H,7-10,13H2,1-3H3,(H,22,25). The Hall–Kier alpha value is -3.23. The van der Waals surface area contributed by atoms with Gasteiger partial charge < -0.3 is 29.3 Å². The quantitative estimate of drug-likeness (QED) is 0.804. The second-order valence-electron chi connectivity index (χ2n) is 6.19. The molecule has 3 rings (SSSR count). The number of rotatable bonds is 6. The molecule has 1 aliphatic heterocycles. The third kappa shape index (κ3) is 4.36. The minimum Gasteiger partial charge on any atom is -0.496 e. The molecule has 28 heavy (non-hydrogen) atoms. The molecule has 2 aromatic rings. The van der Waals surface area contributed by atoms with E-state index in [0.717, 1.165) is 5.56 Å². The fourth-order valence-corrected chi connectivity index (χ4v) is 3.09. The number of hydrogen-bond donors (Lipinski definition) is 1. The zero-order valence-electron chi connectivity index (χ0n) is 16.3. The van der Waals surface area contributed by atoms with Gasteiger partial charge in [-0.3, -0.25) is 0 Å². The van der Waals surface area contributed by atoms with Gasteiger partial charge in [0.2, 0.25) is 5.95 Å². The van der Waals surface area contributed by atoms with Gasteiger partial charge in [0, 0.05) is 50.7 Å². The highest BCUT2D eigenvalue weighted by Gasteiger charge is 2.23. The SMILES string of the molecule is COc1cc(OC)c(CNC(=O)N2CCN(c3ncccn3)CC2)c(OC)c1. The summed E-state index contributed by atoms with van der Waals surface area (Å²) in [6, 6.07) is 5.19. The number of nitrogens with one attached hydrogen (secondary N) is 1. The van der Waals surface area contributed by atoms with E-state index in [1.807, 2.05) is 0 Å². The van der Waals surface area contributed by atoms with E-state index in [1.165, 1.54) is 0 Å². The average Bonchev–Trinajstić information content (AvgIpc) is 2.77. The van der Waals surface area contributed by atoms with Crippen molar-refractivity contribution in [1.29, 1.82) is 0 Å². The maximum absolute atomic E-state index is 12.6. The Kier molecular flexibility index (Phi) is 6.36. The van der Waals surface area contributed by atoms with Crippen molar-refractivity contribution in [2.75, 3.05) is 52.4 Å². The number of ether oxygens (including phenoxy) is 3. The number of amides is 2. The molecular formula is C19H25N5O4. The first-order valence-electron chi connectivity index (χ1n) is 9.00. The third-order valence-corrected chi connectivity index (χ3v) is 4.64. The van der Waals surface area contributed by atoms with Crippen molar-refractivity contribution >= 4 is 12.0 Å². The monoisotopic (exact) mass is 387 g/mol. The molecule has 1 aromatic carbocycles. The molecule has 0 spiro atoms. The molecule has 1 fully saturated rings. The first-order valence-corrected chi connectivity index (χ1v) is 9.00. The van der Waals surface area contributed by atoms with Crippen LogP contribution in [0.5, 0.6) is 17.2 Å². The van der Waals surface area contributed by atoms with Crippen LogP contribution < -0.4 is 24.4 Å². The van der Waals surface area contributed by atoms with Crippen molar-refractivity contribution in [3.05, 3.63) is 36.2 Å². The molecule has 2 amide bonds. The molecule has 1 aliphatic rings. The molecular weight excluding hydrogens is 362 g/mol. The molecule has 1 aromatic heterocycles. The van der Waals surface area contributed by atoms with Crippen LogP contribution in [0.2, 0.25) is 0 Å². The summed E-state index contributed by atoms with van der Waals surface area (Å²) in [5.74, 6) is 2.52. The number of benzene rings is 1. The number of hydrogen-bond acceptors (Lipinski definition) is 7. The zero-order chi connectivity index (χ0) is 19.9. The van der Waals surface area contributed by atoms with Crippen molar-refractivity contribution in [2.24, 2.45) is 0 Å². The molecule has 1 saturated heterocycles. The largest absolute Gasteiger partial charge is 0.496 e. The lowest BCUT2D eigenvalue weighted by Crippen LogP contribution is -2.52. The summed E-state index contributed by atoms with van der Waals surface area (Å²) in [6.07, 6.45) is 3.44. The molecule has 9 nitrogen and oxygen atoms in total. The fraction of sp³-hybridized carbons (Fsp3) is 0.421. The molecule has 0 aliphatic carbocycles. The highest BCUT2D eigenvalue weighted by molar-refractivity contribution is 5.74. The summed E-state index contributed by atoms with van der Waals surface area (Å²) in [4.78, 5) is 25.0. The van der Waals surface area contributed by atoms with Gasteiger partial charge in [-0.25, -0.2) is 14.8 Å². The van der Waals surface area contributed by atoms with Gasteiger partial charge >= 0.3 is 6.03 Å². The molecule has 0 bridgehead atoms. The van der Waals surface area contributed by atoms with E-state index < -0.39 is 0 Å². The minimum absolute atomic E-state index is 0.131. The van der Waals surface area contributed by atoms with Crippen LogP contribution in [0.25, 0.3) is 0 Å². The lowest BCUT2D eigenvalue weighted by molar-refractivity contribution is 0.193. The van der Waals surface area contributed by atoms with Gasteiger partial charge in [0.1, 0.15) is 17.2 Å². The highest BCUT2D eigenvalue weighted by atomic mass is 16.5. The first kappa shape index (κ1) is 19.5. The number of carbonyl (C=O) groups excluding carboxylic acids is 1. The topological polar surface area (TPSA) is 89.1 Å². The number of nitrogens with zero attached hydrogens (tertiary/aromatic N) is 4. The van der Waals surface area contributed by atoms with E-state index in [1.54, 1.807) is 56.8 Å². The van der Waals surface area contributed by atoms with Crippen molar-refractivity contribution in [1.82, 2.24) is 20.2 Å². The van der Waals surface area contributed by atoms with E-state index in [2.05, 4.69) is 20.2 Å². The Bertz CT molecular complexity index is 769. The molecule has 0 radical (unpaired) electrons. The summed E-state index contributed by atoms with van der Waals surface area (Å²) < 4.78 is 16.1. The van der Waals surface area contributed by atoms with Gasteiger partial charge in [0.15, 0.2) is 0 Å². The molecule has 2 heterocycles. The molecule has 0 saturated carbocycles. The Balaban J connectivity index is 1.59. The van der Waals surface area contributed by atoms with E-state index in [0.29, 0.717) is 49.4 Å². The van der Waals surface area contributed by atoms with Crippen LogP contribution in [0, 0.1) is 0 Å². The van der Waals surface area contributed by atoms with Gasteiger partial charge in [-0.2, -0.15) is 0 Å². The second kappa shape index (κ2) is 9.12. The summed E-state index contributed by atoms with van der Waals surface area (Å²) in [5, 5.41) is 2.95. The lowest BCUT2D eigenvalue weighted by atomic mass is 10.1. The number of urea groups is 1. The zero-order valence-corrected chi connectivity index (χ0v) is 16.3. The summed E-state index contributed by atoms with van der Waals surface area (Å²) in [6.45, 7) is 2.86. The minimum atomic E-state index is -0.131. The molecule has 9 heteroatoms. The second-order valence-corrected chi connectivity index (χ2v) is 6.19. The predicted molar refractivity (Wildman–Crippen MR) is 104 cm³/mol. The Labute approximate surface area is 164 Å². The van der Waals surface area contributed by atoms with Gasteiger partial charge in [0.05, 0.1) is 33.4 Å². The van der Waals surface area contributed by atoms with Gasteiger partial charge in [-0.15, -0.1) is 0 Å². The Morgan fingerprint density at radius 1 is 1.00 bits per heavy atom. The number of carbonyl (C=O) groups is 1. The average molecular weight is 387 g/mol. The van der Waals surface area contributed by atoms with Gasteiger partial charge in [0.25, 0.3) is 0 Å². The molecule has 0 atom stereocenters. The van der Waals surface area contributed by atoms with Gasteiger partial charge in [-0.05, 0) is 6.07 Å². The van der Waals surface area contributed by atoms with Crippen LogP contribution in [0.15, 0.2) is 30.6 Å². The number of methoxy groups -OCH3 is 3. The van der Waals surface area contributed by atoms with E-state index in [9.17, 15) is 4.79 Å². The maximum atomic E-state index is 12.6. The van der Waals surface area contributed by atoms with Crippen LogP contribution in [-0.4, -0.2) is 68.4 Å². The molecule has 1 N–H and O–H groups in total. The van der Waals surface area contributed by atoms with Crippen LogP contribution in [-0.2, 0) is 6.54 Å². The summed E-state index contributed by atoms with van der Waals surface area (Å²) in [7, 11) is 4.73. The van der Waals surface area contributed by atoms with E-state index >= 15 is 0 Å². The van der Waals surface area contributed by atoms with E-state index in [-0.39, 0.29) is 12.6 Å². The van der Waals surface area contributed by atoms with Crippen LogP contribution in [0.1, 0.15) is 5.56 Å². The van der Waals surface area contributed by atoms with Crippen molar-refractivity contribution in [3.8, 4) is 17.2 Å². The van der Waals surface area contributed by atoms with E-state index in [4.69, 9.17) is 14.2 Å². The third-order valence-electron chi connectivity index (χ3n) is 4.64. The van der Waals surface area contributed by atoms with Crippen LogP contribution >= 0.6 is 0 Å². The normalized spacial score (nSPS) is 13.8. The summed E-state index contributed by atoms with van der Waals surface area (Å²) in [5.41, 5.74) is 0.760. The smallest absolute Gasteiger partial charge is 0.317 e. The Morgan fingerprint density at radius 3 is 2.14 bits per heavy atom. The predicted octanol–water partition coefficient (Wildman–Crippen LogP) is 1.53. The number of aromatic nitrogens is 2. The number of piperazine rings is 1. The van der Waals surface area contributed by atoms with Gasteiger partial charge in [-0.1, -0.05) is 0 Å². The van der Waals surface area contributed by atoms with Crippen molar-refractivity contribution < 1.29 is 19.0 Å².